The number of carbonyl (C=O) groups excluding carboxylic acids is 1. The van der Waals surface area contributed by atoms with Gasteiger partial charge in [-0.3, -0.25) is 9.78 Å². The Morgan fingerprint density at radius 2 is 1.96 bits per heavy atom. The van der Waals surface area contributed by atoms with Crippen molar-refractivity contribution in [3.63, 3.8) is 0 Å². The Hall–Kier alpha value is -3.60. The molecule has 0 bridgehead atoms. The SMILES string of the molecule is COc1cccc(NC(=O)/C=C/c2cc3c(cn2)[nH]c2ccccc23)c1. The fraction of sp³-hybridized carbons (Fsp3) is 0.0476. The van der Waals surface area contributed by atoms with E-state index in [0.29, 0.717) is 11.4 Å². The third kappa shape index (κ3) is 3.15. The summed E-state index contributed by atoms with van der Waals surface area (Å²) in [6, 6.07) is 17.3. The van der Waals surface area contributed by atoms with Crippen LogP contribution < -0.4 is 10.1 Å². The lowest BCUT2D eigenvalue weighted by Crippen LogP contribution is -2.07. The molecule has 5 heteroatoms. The molecular weight excluding hydrogens is 326 g/mol. The molecule has 5 nitrogen and oxygen atoms in total. The summed E-state index contributed by atoms with van der Waals surface area (Å²) in [6.45, 7) is 0. The van der Waals surface area contributed by atoms with Crippen molar-refractivity contribution in [2.75, 3.05) is 12.4 Å². The van der Waals surface area contributed by atoms with Gasteiger partial charge in [-0.1, -0.05) is 24.3 Å². The van der Waals surface area contributed by atoms with Gasteiger partial charge in [0.1, 0.15) is 5.75 Å². The quantitative estimate of drug-likeness (QED) is 0.541. The summed E-state index contributed by atoms with van der Waals surface area (Å²) in [6.07, 6.45) is 4.97. The van der Waals surface area contributed by atoms with Crippen LogP contribution in [-0.4, -0.2) is 23.0 Å². The zero-order valence-corrected chi connectivity index (χ0v) is 14.2. The van der Waals surface area contributed by atoms with E-state index in [4.69, 9.17) is 4.74 Å². The van der Waals surface area contributed by atoms with Crippen LogP contribution in [0.15, 0.2) is 66.9 Å². The van der Waals surface area contributed by atoms with E-state index in [1.54, 1.807) is 25.4 Å². The molecule has 2 N–H and O–H groups in total. The van der Waals surface area contributed by atoms with Gasteiger partial charge in [-0.25, -0.2) is 0 Å². The maximum Gasteiger partial charge on any atom is 0.248 e. The number of nitrogens with one attached hydrogen (secondary N) is 2. The first-order valence-electron chi connectivity index (χ1n) is 8.22. The number of ether oxygens (including phenoxy) is 1. The molecular formula is C21H17N3O2. The minimum absolute atomic E-state index is 0.223. The molecule has 0 spiro atoms. The van der Waals surface area contributed by atoms with E-state index >= 15 is 0 Å². The fourth-order valence-electron chi connectivity index (χ4n) is 2.90. The van der Waals surface area contributed by atoms with Gasteiger partial charge in [-0.2, -0.15) is 0 Å². The Morgan fingerprint density at radius 1 is 1.08 bits per heavy atom. The highest BCUT2D eigenvalue weighted by Gasteiger charge is 2.05. The van der Waals surface area contributed by atoms with Crippen molar-refractivity contribution >= 4 is 39.5 Å². The summed E-state index contributed by atoms with van der Waals surface area (Å²) < 4.78 is 5.15. The van der Waals surface area contributed by atoms with Gasteiger partial charge in [0.25, 0.3) is 0 Å². The molecule has 4 rings (SSSR count). The van der Waals surface area contributed by atoms with Gasteiger partial charge >= 0.3 is 0 Å². The van der Waals surface area contributed by atoms with Gasteiger partial charge in [-0.15, -0.1) is 0 Å². The molecule has 2 heterocycles. The largest absolute Gasteiger partial charge is 0.497 e. The van der Waals surface area contributed by atoms with Crippen LogP contribution in [0.3, 0.4) is 0 Å². The number of rotatable bonds is 4. The number of hydrogen-bond donors (Lipinski definition) is 2. The Labute approximate surface area is 150 Å². The standard InChI is InChI=1S/C21H17N3O2/c1-26-16-6-4-5-15(11-16)23-21(25)10-9-14-12-18-17-7-2-3-8-19(17)24-20(18)13-22-14/h2-13,24H,1H3,(H,23,25)/b10-9+. The lowest BCUT2D eigenvalue weighted by atomic mass is 10.1. The van der Waals surface area contributed by atoms with Gasteiger partial charge in [0.15, 0.2) is 0 Å². The van der Waals surface area contributed by atoms with Gasteiger partial charge in [0.05, 0.1) is 24.5 Å². The second-order valence-electron chi connectivity index (χ2n) is 5.88. The summed E-state index contributed by atoms with van der Waals surface area (Å²) >= 11 is 0. The number of pyridine rings is 1. The molecule has 0 saturated carbocycles. The molecule has 0 aliphatic rings. The number of carbonyl (C=O) groups is 1. The minimum Gasteiger partial charge on any atom is -0.497 e. The van der Waals surface area contributed by atoms with Crippen molar-refractivity contribution in [3.8, 4) is 5.75 Å². The number of para-hydroxylation sites is 1. The minimum atomic E-state index is -0.223. The molecule has 0 unspecified atom stereocenters. The van der Waals surface area contributed by atoms with Gasteiger partial charge in [-0.05, 0) is 30.3 Å². The number of fused-ring (bicyclic) bond motifs is 3. The number of methoxy groups -OCH3 is 1. The third-order valence-corrected chi connectivity index (χ3v) is 4.15. The number of hydrogen-bond acceptors (Lipinski definition) is 3. The first-order chi connectivity index (χ1) is 12.7. The Morgan fingerprint density at radius 3 is 2.85 bits per heavy atom. The summed E-state index contributed by atoms with van der Waals surface area (Å²) in [5.41, 5.74) is 3.45. The lowest BCUT2D eigenvalue weighted by Gasteiger charge is -2.04. The van der Waals surface area contributed by atoms with Crippen LogP contribution in [0, 0.1) is 0 Å². The lowest BCUT2D eigenvalue weighted by molar-refractivity contribution is -0.111. The Kier molecular flexibility index (Phi) is 4.11. The highest BCUT2D eigenvalue weighted by Crippen LogP contribution is 2.25. The molecule has 2 aromatic carbocycles. The maximum atomic E-state index is 12.1. The first-order valence-corrected chi connectivity index (χ1v) is 8.22. The number of H-pyrrole nitrogens is 1. The van der Waals surface area contributed by atoms with Gasteiger partial charge < -0.3 is 15.0 Å². The zero-order chi connectivity index (χ0) is 17.9. The second kappa shape index (κ2) is 6.72. The first kappa shape index (κ1) is 15.9. The molecule has 0 atom stereocenters. The van der Waals surface area contributed by atoms with E-state index in [1.165, 1.54) is 6.08 Å². The fourth-order valence-corrected chi connectivity index (χ4v) is 2.90. The maximum absolute atomic E-state index is 12.1. The van der Waals surface area contributed by atoms with Crippen LogP contribution >= 0.6 is 0 Å². The molecule has 128 valence electrons. The van der Waals surface area contributed by atoms with E-state index in [9.17, 15) is 4.79 Å². The van der Waals surface area contributed by atoms with Gasteiger partial charge in [0, 0.05) is 34.1 Å². The summed E-state index contributed by atoms with van der Waals surface area (Å²) in [7, 11) is 1.59. The van der Waals surface area contributed by atoms with Crippen molar-refractivity contribution in [2.24, 2.45) is 0 Å². The summed E-state index contributed by atoms with van der Waals surface area (Å²) in [4.78, 5) is 19.9. The third-order valence-electron chi connectivity index (χ3n) is 4.15. The van der Waals surface area contributed by atoms with E-state index < -0.39 is 0 Å². The van der Waals surface area contributed by atoms with Crippen molar-refractivity contribution in [2.45, 2.75) is 0 Å². The van der Waals surface area contributed by atoms with E-state index in [-0.39, 0.29) is 5.91 Å². The van der Waals surface area contributed by atoms with Crippen LogP contribution in [0.2, 0.25) is 0 Å². The number of benzene rings is 2. The Balaban J connectivity index is 1.55. The highest BCUT2D eigenvalue weighted by molar-refractivity contribution is 6.07. The van der Waals surface area contributed by atoms with Crippen LogP contribution in [0.4, 0.5) is 5.69 Å². The molecule has 0 fully saturated rings. The summed E-state index contributed by atoms with van der Waals surface area (Å²) in [5, 5.41) is 5.03. The van der Waals surface area contributed by atoms with E-state index in [0.717, 1.165) is 27.5 Å². The predicted octanol–water partition coefficient (Wildman–Crippen LogP) is 4.38. The molecule has 0 radical (unpaired) electrons. The van der Waals surface area contributed by atoms with Crippen molar-refractivity contribution in [1.82, 2.24) is 9.97 Å². The van der Waals surface area contributed by atoms with Crippen molar-refractivity contribution < 1.29 is 9.53 Å². The smallest absolute Gasteiger partial charge is 0.248 e. The zero-order valence-electron chi connectivity index (χ0n) is 14.2. The predicted molar refractivity (Wildman–Crippen MR) is 104 cm³/mol. The van der Waals surface area contributed by atoms with Crippen molar-refractivity contribution in [1.29, 1.82) is 0 Å². The van der Waals surface area contributed by atoms with Crippen LogP contribution in [0.5, 0.6) is 5.75 Å². The molecule has 0 aliphatic carbocycles. The molecule has 2 aromatic heterocycles. The molecule has 26 heavy (non-hydrogen) atoms. The van der Waals surface area contributed by atoms with Crippen LogP contribution in [-0.2, 0) is 4.79 Å². The molecule has 0 aliphatic heterocycles. The average Bonchev–Trinajstić information content (AvgIpc) is 3.04. The molecule has 4 aromatic rings. The Bertz CT molecular complexity index is 1130. The second-order valence-corrected chi connectivity index (χ2v) is 5.88. The summed E-state index contributed by atoms with van der Waals surface area (Å²) in [5.74, 6) is 0.470. The molecule has 0 saturated heterocycles. The number of nitrogens with zero attached hydrogens (tertiary/aromatic N) is 1. The number of amides is 1. The highest BCUT2D eigenvalue weighted by atomic mass is 16.5. The van der Waals surface area contributed by atoms with Crippen LogP contribution in [0.25, 0.3) is 27.9 Å². The van der Waals surface area contributed by atoms with E-state index in [2.05, 4.69) is 21.4 Å². The van der Waals surface area contributed by atoms with Crippen molar-refractivity contribution in [3.05, 3.63) is 72.6 Å². The number of anilines is 1. The topological polar surface area (TPSA) is 67.0 Å². The normalized spacial score (nSPS) is 11.3. The number of aromatic nitrogens is 2. The van der Waals surface area contributed by atoms with Gasteiger partial charge in [0.2, 0.25) is 5.91 Å². The average molecular weight is 343 g/mol. The monoisotopic (exact) mass is 343 g/mol. The molecule has 1 amide bonds. The number of aromatic amines is 1. The van der Waals surface area contributed by atoms with Crippen LogP contribution in [0.1, 0.15) is 5.69 Å². The van der Waals surface area contributed by atoms with E-state index in [1.807, 2.05) is 42.5 Å².